The molecule has 1 unspecified atom stereocenters. The van der Waals surface area contributed by atoms with Crippen LogP contribution in [0.15, 0.2) is 24.3 Å². The number of carbonyl (C=O) groups is 2. The molecular formula is C18H24FNO4. The zero-order chi connectivity index (χ0) is 18.0. The van der Waals surface area contributed by atoms with E-state index in [0.717, 1.165) is 0 Å². The van der Waals surface area contributed by atoms with Crippen molar-refractivity contribution in [2.24, 2.45) is 5.41 Å². The van der Waals surface area contributed by atoms with Crippen molar-refractivity contribution in [1.82, 2.24) is 4.90 Å². The molecule has 1 aliphatic rings. The van der Waals surface area contributed by atoms with Crippen LogP contribution in [0, 0.1) is 11.2 Å². The number of hydrogen-bond donors (Lipinski definition) is 1. The SMILES string of the molecule is COCC1(C(=O)O)CCCN(C(=O)C(C)(C)c2ccc(F)cc2)C1. The Hall–Kier alpha value is -1.95. The molecule has 1 atom stereocenters. The third-order valence-electron chi connectivity index (χ3n) is 4.84. The number of aliphatic carboxylic acids is 1. The van der Waals surface area contributed by atoms with Crippen LogP contribution in [-0.4, -0.2) is 48.7 Å². The molecule has 0 radical (unpaired) electrons. The molecule has 1 fully saturated rings. The second kappa shape index (κ2) is 6.89. The number of hydrogen-bond acceptors (Lipinski definition) is 3. The highest BCUT2D eigenvalue weighted by atomic mass is 19.1. The lowest BCUT2D eigenvalue weighted by Crippen LogP contribution is -2.55. The highest BCUT2D eigenvalue weighted by Gasteiger charge is 2.46. The van der Waals surface area contributed by atoms with Crippen LogP contribution in [0.2, 0.25) is 0 Å². The minimum absolute atomic E-state index is 0.0725. The van der Waals surface area contributed by atoms with E-state index in [1.165, 1.54) is 19.2 Å². The number of likely N-dealkylation sites (tertiary alicyclic amines) is 1. The molecule has 132 valence electrons. The summed E-state index contributed by atoms with van der Waals surface area (Å²) in [6.45, 7) is 4.26. The van der Waals surface area contributed by atoms with E-state index in [-0.39, 0.29) is 24.9 Å². The lowest BCUT2D eigenvalue weighted by atomic mass is 9.78. The lowest BCUT2D eigenvalue weighted by molar-refractivity contribution is -0.160. The first-order valence-electron chi connectivity index (χ1n) is 8.01. The van der Waals surface area contributed by atoms with E-state index in [1.807, 2.05) is 0 Å². The molecule has 1 aromatic carbocycles. The number of methoxy groups -OCH3 is 1. The molecule has 0 saturated carbocycles. The van der Waals surface area contributed by atoms with Crippen molar-refractivity contribution in [1.29, 1.82) is 0 Å². The summed E-state index contributed by atoms with van der Waals surface area (Å²) in [5.41, 5.74) is -1.23. The zero-order valence-corrected chi connectivity index (χ0v) is 14.3. The van der Waals surface area contributed by atoms with E-state index < -0.39 is 16.8 Å². The molecule has 24 heavy (non-hydrogen) atoms. The van der Waals surface area contributed by atoms with E-state index in [4.69, 9.17) is 4.74 Å². The summed E-state index contributed by atoms with van der Waals surface area (Å²) in [7, 11) is 1.47. The van der Waals surface area contributed by atoms with Crippen molar-refractivity contribution >= 4 is 11.9 Å². The summed E-state index contributed by atoms with van der Waals surface area (Å²) in [4.78, 5) is 26.3. The van der Waals surface area contributed by atoms with Crippen molar-refractivity contribution in [3.05, 3.63) is 35.6 Å². The fourth-order valence-corrected chi connectivity index (χ4v) is 3.32. The molecule has 2 rings (SSSR count). The van der Waals surface area contributed by atoms with Crippen LogP contribution < -0.4 is 0 Å². The maximum atomic E-state index is 13.1. The van der Waals surface area contributed by atoms with Gasteiger partial charge in [0, 0.05) is 20.2 Å². The molecule has 1 aromatic rings. The van der Waals surface area contributed by atoms with Crippen molar-refractivity contribution in [3.63, 3.8) is 0 Å². The van der Waals surface area contributed by atoms with Gasteiger partial charge in [-0.2, -0.15) is 0 Å². The maximum Gasteiger partial charge on any atom is 0.313 e. The van der Waals surface area contributed by atoms with Crippen molar-refractivity contribution in [3.8, 4) is 0 Å². The first-order chi connectivity index (χ1) is 11.2. The number of halogens is 1. The van der Waals surface area contributed by atoms with Crippen LogP contribution in [0.4, 0.5) is 4.39 Å². The average molecular weight is 337 g/mol. The Morgan fingerprint density at radius 1 is 1.33 bits per heavy atom. The molecule has 0 aliphatic carbocycles. The molecule has 1 heterocycles. The highest BCUT2D eigenvalue weighted by Crippen LogP contribution is 2.34. The Bertz CT molecular complexity index is 610. The number of carboxylic acids is 1. The fraction of sp³-hybridized carbons (Fsp3) is 0.556. The third kappa shape index (κ3) is 3.43. The number of nitrogens with zero attached hydrogens (tertiary/aromatic N) is 1. The Kier molecular flexibility index (Phi) is 5.28. The summed E-state index contributed by atoms with van der Waals surface area (Å²) in [6.07, 6.45) is 1.10. The normalized spacial score (nSPS) is 21.6. The Morgan fingerprint density at radius 3 is 2.50 bits per heavy atom. The van der Waals surface area contributed by atoms with Crippen molar-refractivity contribution in [2.75, 3.05) is 26.8 Å². The third-order valence-corrected chi connectivity index (χ3v) is 4.84. The van der Waals surface area contributed by atoms with Gasteiger partial charge in [-0.05, 0) is 44.4 Å². The lowest BCUT2D eigenvalue weighted by Gasteiger charge is -2.42. The van der Waals surface area contributed by atoms with Crippen molar-refractivity contribution in [2.45, 2.75) is 32.1 Å². The largest absolute Gasteiger partial charge is 0.481 e. The summed E-state index contributed by atoms with van der Waals surface area (Å²) in [5.74, 6) is -1.46. The first kappa shape index (κ1) is 18.4. The molecular weight excluding hydrogens is 313 g/mol. The van der Waals surface area contributed by atoms with E-state index in [0.29, 0.717) is 24.9 Å². The molecule has 1 N–H and O–H groups in total. The van der Waals surface area contributed by atoms with Gasteiger partial charge in [0.15, 0.2) is 0 Å². The second-order valence-electron chi connectivity index (χ2n) is 6.98. The van der Waals surface area contributed by atoms with Gasteiger partial charge >= 0.3 is 5.97 Å². The molecule has 0 bridgehead atoms. The molecule has 6 heteroatoms. The van der Waals surface area contributed by atoms with Crippen molar-refractivity contribution < 1.29 is 23.8 Å². The molecule has 0 aromatic heterocycles. The molecule has 5 nitrogen and oxygen atoms in total. The zero-order valence-electron chi connectivity index (χ0n) is 14.3. The average Bonchev–Trinajstić information content (AvgIpc) is 2.55. The summed E-state index contributed by atoms with van der Waals surface area (Å²) < 4.78 is 18.2. The molecule has 1 aliphatic heterocycles. The van der Waals surface area contributed by atoms with Gasteiger partial charge in [0.25, 0.3) is 0 Å². The van der Waals surface area contributed by atoms with Gasteiger partial charge in [-0.3, -0.25) is 9.59 Å². The molecule has 1 saturated heterocycles. The van der Waals surface area contributed by atoms with Crippen LogP contribution in [0.25, 0.3) is 0 Å². The quantitative estimate of drug-likeness (QED) is 0.896. The first-order valence-corrected chi connectivity index (χ1v) is 8.01. The predicted octanol–water partition coefficient (Wildman–Crippen LogP) is 2.44. The van der Waals surface area contributed by atoms with Gasteiger partial charge in [0.05, 0.1) is 12.0 Å². The maximum absolute atomic E-state index is 13.1. The number of carboxylic acid groups (broad SMARTS) is 1. The Morgan fingerprint density at radius 2 is 1.96 bits per heavy atom. The predicted molar refractivity (Wildman–Crippen MR) is 87.2 cm³/mol. The Labute approximate surface area is 141 Å². The second-order valence-corrected chi connectivity index (χ2v) is 6.98. The van der Waals surface area contributed by atoms with E-state index >= 15 is 0 Å². The topological polar surface area (TPSA) is 66.8 Å². The van der Waals surface area contributed by atoms with Gasteiger partial charge in [-0.25, -0.2) is 4.39 Å². The van der Waals surface area contributed by atoms with Crippen LogP contribution in [0.1, 0.15) is 32.3 Å². The van der Waals surface area contributed by atoms with Crippen LogP contribution in [-0.2, 0) is 19.7 Å². The van der Waals surface area contributed by atoms with Crippen LogP contribution in [0.5, 0.6) is 0 Å². The number of amides is 1. The van der Waals surface area contributed by atoms with Gasteiger partial charge in [-0.1, -0.05) is 12.1 Å². The van der Waals surface area contributed by atoms with Gasteiger partial charge in [0.1, 0.15) is 11.2 Å². The Balaban J connectivity index is 2.24. The standard InChI is InChI=1S/C18H24FNO4/c1-17(2,13-5-7-14(19)8-6-13)15(21)20-10-4-9-18(11-20,12-24-3)16(22)23/h5-8H,4,9-12H2,1-3H3,(H,22,23). The van der Waals surface area contributed by atoms with E-state index in [1.54, 1.807) is 30.9 Å². The number of piperidine rings is 1. The van der Waals surface area contributed by atoms with Crippen LogP contribution >= 0.6 is 0 Å². The molecule has 1 amide bonds. The van der Waals surface area contributed by atoms with E-state index in [9.17, 15) is 19.1 Å². The smallest absolute Gasteiger partial charge is 0.313 e. The van der Waals surface area contributed by atoms with E-state index in [2.05, 4.69) is 0 Å². The number of carbonyl (C=O) groups excluding carboxylic acids is 1. The number of benzene rings is 1. The minimum atomic E-state index is -1.07. The monoisotopic (exact) mass is 337 g/mol. The highest BCUT2D eigenvalue weighted by molar-refractivity contribution is 5.88. The fourth-order valence-electron chi connectivity index (χ4n) is 3.32. The summed E-state index contributed by atoms with van der Waals surface area (Å²) in [6, 6.07) is 5.84. The molecule has 0 spiro atoms. The minimum Gasteiger partial charge on any atom is -0.481 e. The number of ether oxygens (including phenoxy) is 1. The van der Waals surface area contributed by atoms with Gasteiger partial charge in [0.2, 0.25) is 5.91 Å². The summed E-state index contributed by atoms with van der Waals surface area (Å²) >= 11 is 0. The number of rotatable bonds is 5. The van der Waals surface area contributed by atoms with Crippen LogP contribution in [0.3, 0.4) is 0 Å². The van der Waals surface area contributed by atoms with Gasteiger partial charge < -0.3 is 14.7 Å². The summed E-state index contributed by atoms with van der Waals surface area (Å²) in [5, 5.41) is 9.61. The van der Waals surface area contributed by atoms with Gasteiger partial charge in [-0.15, -0.1) is 0 Å².